The normalized spacial score (nSPS) is 20.7. The number of carbonyl (C=O) groups excluding carboxylic acids is 1. The number of nitrogens with zero attached hydrogens (tertiary/aromatic N) is 4. The van der Waals surface area contributed by atoms with Gasteiger partial charge in [0.15, 0.2) is 0 Å². The molecule has 1 aromatic carbocycles. The van der Waals surface area contributed by atoms with Crippen molar-refractivity contribution in [2.75, 3.05) is 6.54 Å². The fourth-order valence-electron chi connectivity index (χ4n) is 4.60. The van der Waals surface area contributed by atoms with Crippen molar-refractivity contribution in [2.24, 2.45) is 7.05 Å². The van der Waals surface area contributed by atoms with Gasteiger partial charge < -0.3 is 15.0 Å². The Balaban J connectivity index is 1.39. The predicted octanol–water partition coefficient (Wildman–Crippen LogP) is 1.12. The van der Waals surface area contributed by atoms with Gasteiger partial charge in [-0.2, -0.15) is 9.40 Å². The average molecular weight is 456 g/mol. The van der Waals surface area contributed by atoms with Crippen molar-refractivity contribution < 1.29 is 18.3 Å². The molecule has 168 valence electrons. The molecule has 0 saturated carbocycles. The van der Waals surface area contributed by atoms with E-state index in [0.717, 1.165) is 16.8 Å². The lowest BCUT2D eigenvalue weighted by molar-refractivity contribution is 0.0850. The van der Waals surface area contributed by atoms with Gasteiger partial charge in [0.25, 0.3) is 5.91 Å². The molecule has 3 aromatic rings. The first-order chi connectivity index (χ1) is 15.3. The Morgan fingerprint density at radius 2 is 2.00 bits per heavy atom. The van der Waals surface area contributed by atoms with Gasteiger partial charge in [-0.1, -0.05) is 24.3 Å². The molecule has 9 nitrogen and oxygen atoms in total. The number of aliphatic hydroxyl groups excluding tert-OH is 1. The Bertz CT molecular complexity index is 1310. The maximum absolute atomic E-state index is 13.4. The largest absolute Gasteiger partial charge is 0.386 e. The lowest BCUT2D eigenvalue weighted by Crippen LogP contribution is -2.38. The Hall–Kier alpha value is -2.95. The number of aliphatic hydroxyl groups is 1. The van der Waals surface area contributed by atoms with Gasteiger partial charge >= 0.3 is 0 Å². The lowest BCUT2D eigenvalue weighted by atomic mass is 10.1. The van der Waals surface area contributed by atoms with Crippen LogP contribution in [0.15, 0.2) is 47.5 Å². The summed E-state index contributed by atoms with van der Waals surface area (Å²) in [4.78, 5) is 13.2. The van der Waals surface area contributed by atoms with Gasteiger partial charge in [0, 0.05) is 25.5 Å². The van der Waals surface area contributed by atoms with Gasteiger partial charge in [-0.3, -0.25) is 9.48 Å². The minimum Gasteiger partial charge on any atom is -0.386 e. The zero-order valence-electron chi connectivity index (χ0n) is 17.9. The molecule has 0 bridgehead atoms. The van der Waals surface area contributed by atoms with E-state index in [-0.39, 0.29) is 17.1 Å². The molecule has 1 aliphatic heterocycles. The zero-order valence-corrected chi connectivity index (χ0v) is 18.7. The fraction of sp³-hybridized carbons (Fsp3) is 0.364. The van der Waals surface area contributed by atoms with Crippen LogP contribution in [-0.4, -0.2) is 50.7 Å². The van der Waals surface area contributed by atoms with Crippen LogP contribution in [0.3, 0.4) is 0 Å². The van der Waals surface area contributed by atoms with Crippen LogP contribution in [0.2, 0.25) is 0 Å². The van der Waals surface area contributed by atoms with E-state index < -0.39 is 28.1 Å². The molecule has 0 radical (unpaired) electrons. The van der Waals surface area contributed by atoms with Crippen LogP contribution in [0.5, 0.6) is 0 Å². The summed E-state index contributed by atoms with van der Waals surface area (Å²) in [7, 11) is -2.11. The second kappa shape index (κ2) is 7.58. The fourth-order valence-corrected chi connectivity index (χ4v) is 6.28. The summed E-state index contributed by atoms with van der Waals surface area (Å²) in [5.74, 6) is -0.411. The minimum atomic E-state index is -3.79. The summed E-state index contributed by atoms with van der Waals surface area (Å²) in [5.41, 5.74) is 3.38. The molecule has 0 fully saturated rings. The highest BCUT2D eigenvalue weighted by atomic mass is 32.2. The Morgan fingerprint density at radius 3 is 2.78 bits per heavy atom. The van der Waals surface area contributed by atoms with Crippen LogP contribution >= 0.6 is 0 Å². The van der Waals surface area contributed by atoms with Crippen molar-refractivity contribution in [2.45, 2.75) is 43.5 Å². The van der Waals surface area contributed by atoms with Crippen molar-refractivity contribution in [3.05, 3.63) is 70.8 Å². The molecule has 1 aliphatic carbocycles. The monoisotopic (exact) mass is 455 g/mol. The molecule has 2 aromatic heterocycles. The van der Waals surface area contributed by atoms with E-state index in [4.69, 9.17) is 0 Å². The molecule has 2 atom stereocenters. The predicted molar refractivity (Wildman–Crippen MR) is 116 cm³/mol. The number of benzene rings is 1. The standard InChI is InChI=1S/C22H25N5O4S/c1-14-20(32(30,31)26-9-10-27-16(13-26)7-8-23-27)12-19(25(14)2)22(29)24-18-11-15-5-3-4-6-17(15)21(18)28/h3-8,12,18,21,28H,9-11,13H2,1-2H3,(H,24,29)/t18-,21+/m1/s1. The molecule has 0 spiro atoms. The topological polar surface area (TPSA) is 109 Å². The number of hydrogen-bond donors (Lipinski definition) is 2. The van der Waals surface area contributed by atoms with E-state index in [1.807, 2.05) is 30.3 Å². The van der Waals surface area contributed by atoms with E-state index in [2.05, 4.69) is 10.4 Å². The highest BCUT2D eigenvalue weighted by Crippen LogP contribution is 2.32. The molecule has 10 heteroatoms. The second-order valence-corrected chi connectivity index (χ2v) is 10.3. The number of amides is 1. The third-order valence-corrected chi connectivity index (χ3v) is 8.52. The van der Waals surface area contributed by atoms with E-state index in [0.29, 0.717) is 25.2 Å². The molecule has 5 rings (SSSR count). The summed E-state index contributed by atoms with van der Waals surface area (Å²) < 4.78 is 31.6. The molecule has 3 heterocycles. The maximum atomic E-state index is 13.4. The van der Waals surface area contributed by atoms with Crippen LogP contribution in [0.25, 0.3) is 0 Å². The minimum absolute atomic E-state index is 0.119. The van der Waals surface area contributed by atoms with E-state index in [1.54, 1.807) is 29.4 Å². The van der Waals surface area contributed by atoms with Crippen LogP contribution in [0.1, 0.15) is 39.1 Å². The number of hydrogen-bond acceptors (Lipinski definition) is 5. The van der Waals surface area contributed by atoms with Gasteiger partial charge in [-0.05, 0) is 36.6 Å². The molecule has 32 heavy (non-hydrogen) atoms. The SMILES string of the molecule is Cc1c(S(=O)(=O)N2CCn3nccc3C2)cc(C(=O)N[C@@H]2Cc3ccccc3[C@@H]2O)n1C. The van der Waals surface area contributed by atoms with Crippen LogP contribution in [0.4, 0.5) is 0 Å². The van der Waals surface area contributed by atoms with Crippen molar-refractivity contribution in [1.29, 1.82) is 0 Å². The van der Waals surface area contributed by atoms with Gasteiger partial charge in [0.05, 0.1) is 30.9 Å². The van der Waals surface area contributed by atoms with Crippen molar-refractivity contribution >= 4 is 15.9 Å². The first-order valence-corrected chi connectivity index (χ1v) is 12.0. The van der Waals surface area contributed by atoms with Crippen molar-refractivity contribution in [1.82, 2.24) is 24.0 Å². The van der Waals surface area contributed by atoms with Gasteiger partial charge in [-0.25, -0.2) is 8.42 Å². The van der Waals surface area contributed by atoms with E-state index in [1.165, 1.54) is 10.4 Å². The summed E-state index contributed by atoms with van der Waals surface area (Å²) in [6.07, 6.45) is 1.40. The smallest absolute Gasteiger partial charge is 0.268 e. The Morgan fingerprint density at radius 1 is 1.22 bits per heavy atom. The molecule has 0 saturated heterocycles. The number of fused-ring (bicyclic) bond motifs is 2. The summed E-state index contributed by atoms with van der Waals surface area (Å²) >= 11 is 0. The molecule has 0 unspecified atom stereocenters. The van der Waals surface area contributed by atoms with Crippen LogP contribution < -0.4 is 5.32 Å². The third-order valence-electron chi connectivity index (χ3n) is 6.55. The first-order valence-electron chi connectivity index (χ1n) is 10.5. The number of carbonyl (C=O) groups is 1. The van der Waals surface area contributed by atoms with Crippen LogP contribution in [0, 0.1) is 6.92 Å². The number of rotatable bonds is 4. The average Bonchev–Trinajstić information content (AvgIpc) is 3.45. The zero-order chi connectivity index (χ0) is 22.6. The summed E-state index contributed by atoms with van der Waals surface area (Å²) in [6, 6.07) is 10.3. The number of aromatic nitrogens is 3. The Kier molecular flexibility index (Phi) is 4.95. The van der Waals surface area contributed by atoms with Crippen molar-refractivity contribution in [3.63, 3.8) is 0 Å². The highest BCUT2D eigenvalue weighted by Gasteiger charge is 2.35. The second-order valence-electron chi connectivity index (χ2n) is 8.35. The molecular weight excluding hydrogens is 430 g/mol. The molecule has 1 amide bonds. The first kappa shape index (κ1) is 20.9. The summed E-state index contributed by atoms with van der Waals surface area (Å²) in [6.45, 7) is 2.74. The van der Waals surface area contributed by atoms with E-state index in [9.17, 15) is 18.3 Å². The molecule has 2 aliphatic rings. The quantitative estimate of drug-likeness (QED) is 0.613. The number of nitrogens with one attached hydrogen (secondary N) is 1. The van der Waals surface area contributed by atoms with Gasteiger partial charge in [0.1, 0.15) is 10.6 Å². The number of sulfonamides is 1. The van der Waals surface area contributed by atoms with Gasteiger partial charge in [-0.15, -0.1) is 0 Å². The molecular formula is C22H25N5O4S. The van der Waals surface area contributed by atoms with Crippen molar-refractivity contribution in [3.8, 4) is 0 Å². The van der Waals surface area contributed by atoms with Gasteiger partial charge in [0.2, 0.25) is 10.0 Å². The molecule has 2 N–H and O–H groups in total. The van der Waals surface area contributed by atoms with Crippen LogP contribution in [-0.2, 0) is 36.6 Å². The highest BCUT2D eigenvalue weighted by molar-refractivity contribution is 7.89. The summed E-state index contributed by atoms with van der Waals surface area (Å²) in [5, 5.41) is 17.7. The maximum Gasteiger partial charge on any atom is 0.268 e. The van der Waals surface area contributed by atoms with E-state index >= 15 is 0 Å². The lowest BCUT2D eigenvalue weighted by Gasteiger charge is -2.26. The Labute approximate surface area is 186 Å². The third kappa shape index (κ3) is 3.26.